The summed E-state index contributed by atoms with van der Waals surface area (Å²) >= 11 is 0. The number of nitrogens with one attached hydrogen (secondary N) is 1. The third-order valence-electron chi connectivity index (χ3n) is 5.60. The third-order valence-corrected chi connectivity index (χ3v) is 5.60. The minimum atomic E-state index is -0.585. The van der Waals surface area contributed by atoms with Gasteiger partial charge in [-0.3, -0.25) is 4.57 Å². The van der Waals surface area contributed by atoms with Gasteiger partial charge >= 0.3 is 5.97 Å². The molecule has 0 fully saturated rings. The van der Waals surface area contributed by atoms with E-state index < -0.39 is 12.0 Å². The Kier molecular flexibility index (Phi) is 6.41. The maximum Gasteiger partial charge on any atom is 0.338 e. The van der Waals surface area contributed by atoms with Gasteiger partial charge in [-0.25, -0.2) is 9.78 Å². The summed E-state index contributed by atoms with van der Waals surface area (Å²) in [4.78, 5) is 18.0. The monoisotopic (exact) mass is 453 g/mol. The van der Waals surface area contributed by atoms with Gasteiger partial charge in [0.25, 0.3) is 0 Å². The lowest BCUT2D eigenvalue weighted by Gasteiger charge is -2.31. The van der Waals surface area contributed by atoms with Crippen molar-refractivity contribution >= 4 is 23.0 Å². The number of ether oxygens (including phenoxy) is 5. The van der Waals surface area contributed by atoms with Crippen molar-refractivity contribution in [1.29, 1.82) is 0 Å². The van der Waals surface area contributed by atoms with Crippen molar-refractivity contribution in [3.05, 3.63) is 53.2 Å². The summed E-state index contributed by atoms with van der Waals surface area (Å²) < 4.78 is 29.4. The number of esters is 1. The Bertz CT molecular complexity index is 1220. The van der Waals surface area contributed by atoms with E-state index in [-0.39, 0.29) is 6.61 Å². The predicted molar refractivity (Wildman–Crippen MR) is 123 cm³/mol. The zero-order valence-electron chi connectivity index (χ0n) is 19.3. The van der Waals surface area contributed by atoms with Crippen LogP contribution in [0.25, 0.3) is 11.0 Å². The number of rotatable bonds is 8. The van der Waals surface area contributed by atoms with Crippen molar-refractivity contribution < 1.29 is 28.5 Å². The second-order valence-corrected chi connectivity index (χ2v) is 7.41. The molecule has 4 rings (SSSR count). The molecule has 9 nitrogen and oxygen atoms in total. The van der Waals surface area contributed by atoms with Crippen molar-refractivity contribution in [3.63, 3.8) is 0 Å². The molecule has 3 aromatic rings. The summed E-state index contributed by atoms with van der Waals surface area (Å²) in [6.45, 7) is 2.27. The average molecular weight is 453 g/mol. The van der Waals surface area contributed by atoms with Crippen LogP contribution in [0.4, 0.5) is 5.95 Å². The van der Waals surface area contributed by atoms with E-state index in [0.717, 1.165) is 11.0 Å². The molecular weight excluding hydrogens is 426 g/mol. The number of nitrogens with zero attached hydrogens (tertiary/aromatic N) is 2. The SMILES string of the molecule is COCCOC(=O)C1=C(C)Nc2nc3ccccc3n2[C@@H]1c1ccc(OC)c(OC)c1OC. The Morgan fingerprint density at radius 3 is 2.45 bits per heavy atom. The zero-order chi connectivity index (χ0) is 23.5. The molecule has 1 aliphatic heterocycles. The van der Waals surface area contributed by atoms with Gasteiger partial charge in [0.1, 0.15) is 6.61 Å². The quantitative estimate of drug-likeness (QED) is 0.409. The van der Waals surface area contributed by atoms with Crippen molar-refractivity contribution in [2.75, 3.05) is 47.0 Å². The summed E-state index contributed by atoms with van der Waals surface area (Å²) in [7, 11) is 6.22. The summed E-state index contributed by atoms with van der Waals surface area (Å²) in [6, 6.07) is 10.8. The van der Waals surface area contributed by atoms with Gasteiger partial charge in [-0.2, -0.15) is 0 Å². The number of para-hydroxylation sites is 2. The number of hydrogen-bond donors (Lipinski definition) is 1. The van der Waals surface area contributed by atoms with Crippen LogP contribution in [0.3, 0.4) is 0 Å². The van der Waals surface area contributed by atoms with Gasteiger partial charge in [-0.1, -0.05) is 12.1 Å². The molecule has 2 heterocycles. The molecule has 0 radical (unpaired) electrons. The molecule has 0 spiro atoms. The van der Waals surface area contributed by atoms with Crippen molar-refractivity contribution in [1.82, 2.24) is 9.55 Å². The Morgan fingerprint density at radius 1 is 1.00 bits per heavy atom. The smallest absolute Gasteiger partial charge is 0.338 e. The lowest BCUT2D eigenvalue weighted by Crippen LogP contribution is -2.29. The van der Waals surface area contributed by atoms with Gasteiger partial charge in [-0.05, 0) is 31.2 Å². The highest BCUT2D eigenvalue weighted by Gasteiger charge is 2.37. The summed E-state index contributed by atoms with van der Waals surface area (Å²) in [6.07, 6.45) is 0. The first-order valence-corrected chi connectivity index (χ1v) is 10.4. The molecule has 1 N–H and O–H groups in total. The van der Waals surface area contributed by atoms with E-state index in [2.05, 4.69) is 5.32 Å². The number of aromatic nitrogens is 2. The van der Waals surface area contributed by atoms with E-state index in [9.17, 15) is 4.79 Å². The minimum Gasteiger partial charge on any atom is -0.493 e. The molecule has 0 saturated carbocycles. The number of fused-ring (bicyclic) bond motifs is 3. The highest BCUT2D eigenvalue weighted by Crippen LogP contribution is 2.48. The van der Waals surface area contributed by atoms with Gasteiger partial charge in [0, 0.05) is 18.4 Å². The van der Waals surface area contributed by atoms with Crippen LogP contribution in [0.15, 0.2) is 47.7 Å². The highest BCUT2D eigenvalue weighted by molar-refractivity contribution is 5.94. The van der Waals surface area contributed by atoms with Crippen LogP contribution in [0, 0.1) is 0 Å². The van der Waals surface area contributed by atoms with Crippen LogP contribution in [-0.4, -0.2) is 57.2 Å². The number of carbonyl (C=O) groups is 1. The topological polar surface area (TPSA) is 93.1 Å². The lowest BCUT2D eigenvalue weighted by atomic mass is 9.93. The Balaban J connectivity index is 1.97. The second kappa shape index (κ2) is 9.41. The maximum atomic E-state index is 13.3. The second-order valence-electron chi connectivity index (χ2n) is 7.41. The van der Waals surface area contributed by atoms with Gasteiger partial charge in [0.15, 0.2) is 11.5 Å². The van der Waals surface area contributed by atoms with Crippen molar-refractivity contribution in [2.24, 2.45) is 0 Å². The zero-order valence-corrected chi connectivity index (χ0v) is 19.3. The number of imidazole rings is 1. The van der Waals surface area contributed by atoms with E-state index in [0.29, 0.717) is 46.6 Å². The molecule has 174 valence electrons. The molecule has 33 heavy (non-hydrogen) atoms. The molecule has 0 unspecified atom stereocenters. The summed E-state index contributed by atoms with van der Waals surface area (Å²) in [5, 5.41) is 3.26. The van der Waals surface area contributed by atoms with Gasteiger partial charge in [-0.15, -0.1) is 0 Å². The van der Waals surface area contributed by atoms with Crippen molar-refractivity contribution in [3.8, 4) is 17.2 Å². The molecule has 2 aromatic carbocycles. The average Bonchev–Trinajstić information content (AvgIpc) is 3.19. The van der Waals surface area contributed by atoms with Crippen LogP contribution >= 0.6 is 0 Å². The molecular formula is C24H27N3O6. The number of methoxy groups -OCH3 is 4. The highest BCUT2D eigenvalue weighted by atomic mass is 16.6. The Morgan fingerprint density at radius 2 is 1.76 bits per heavy atom. The van der Waals surface area contributed by atoms with E-state index in [4.69, 9.17) is 28.7 Å². The first-order chi connectivity index (χ1) is 16.0. The molecule has 0 bridgehead atoms. The van der Waals surface area contributed by atoms with E-state index in [1.165, 1.54) is 0 Å². The molecule has 0 amide bonds. The third kappa shape index (κ3) is 3.84. The first-order valence-electron chi connectivity index (χ1n) is 10.4. The summed E-state index contributed by atoms with van der Waals surface area (Å²) in [5.41, 5.74) is 3.44. The van der Waals surface area contributed by atoms with Crippen LogP contribution in [0.2, 0.25) is 0 Å². The van der Waals surface area contributed by atoms with Crippen LogP contribution < -0.4 is 19.5 Å². The molecule has 9 heteroatoms. The standard InChI is InChI=1S/C24H27N3O6/c1-14-19(23(28)33-13-12-29-2)20(15-10-11-18(30-3)22(32-5)21(15)31-4)27-17-9-7-6-8-16(17)26-24(27)25-14/h6-11,20H,12-13H2,1-5H3,(H,25,26)/t20-/m1/s1. The lowest BCUT2D eigenvalue weighted by molar-refractivity contribution is -0.140. The van der Waals surface area contributed by atoms with Gasteiger partial charge in [0.2, 0.25) is 11.7 Å². The van der Waals surface area contributed by atoms with E-state index in [1.54, 1.807) is 34.5 Å². The van der Waals surface area contributed by atoms with E-state index >= 15 is 0 Å². The number of carbonyl (C=O) groups excluding carboxylic acids is 1. The Labute approximate surface area is 191 Å². The normalized spacial score (nSPS) is 15.1. The largest absolute Gasteiger partial charge is 0.493 e. The maximum absolute atomic E-state index is 13.3. The van der Waals surface area contributed by atoms with Crippen LogP contribution in [0.1, 0.15) is 18.5 Å². The predicted octanol–water partition coefficient (Wildman–Crippen LogP) is 3.54. The number of allylic oxidation sites excluding steroid dienone is 1. The fourth-order valence-electron chi connectivity index (χ4n) is 4.16. The molecule has 1 atom stereocenters. The van der Waals surface area contributed by atoms with Crippen molar-refractivity contribution in [2.45, 2.75) is 13.0 Å². The molecule has 0 aliphatic carbocycles. The first kappa shape index (κ1) is 22.5. The number of anilines is 1. The number of benzene rings is 2. The van der Waals surface area contributed by atoms with Gasteiger partial charge in [0.05, 0.1) is 50.6 Å². The fraction of sp³-hybridized carbons (Fsp3) is 0.333. The van der Waals surface area contributed by atoms with E-state index in [1.807, 2.05) is 41.8 Å². The summed E-state index contributed by atoms with van der Waals surface area (Å²) in [5.74, 6) is 1.58. The number of hydrogen-bond acceptors (Lipinski definition) is 8. The minimum absolute atomic E-state index is 0.138. The van der Waals surface area contributed by atoms with Crippen LogP contribution in [-0.2, 0) is 14.3 Å². The molecule has 0 saturated heterocycles. The van der Waals surface area contributed by atoms with Crippen LogP contribution in [0.5, 0.6) is 17.2 Å². The Hall–Kier alpha value is -3.72. The molecule has 1 aliphatic rings. The fourth-order valence-corrected chi connectivity index (χ4v) is 4.16. The molecule has 1 aromatic heterocycles. The van der Waals surface area contributed by atoms with Gasteiger partial charge < -0.3 is 29.0 Å².